The zero-order valence-corrected chi connectivity index (χ0v) is 26.1. The summed E-state index contributed by atoms with van der Waals surface area (Å²) in [7, 11) is 0. The second-order valence-corrected chi connectivity index (χ2v) is 12.4. The molecule has 0 saturated heterocycles. The summed E-state index contributed by atoms with van der Waals surface area (Å²) in [6.45, 7) is 0. The minimum Gasteiger partial charge on any atom is -0.456 e. The zero-order valence-electron chi connectivity index (χ0n) is 26.1. The first kappa shape index (κ1) is 27.1. The van der Waals surface area contributed by atoms with E-state index in [2.05, 4.69) is 118 Å². The molecule has 0 N–H and O–H groups in total. The number of nitriles is 2. The Bertz CT molecular complexity index is 3010. The molecule has 0 aliphatic carbocycles. The zero-order chi connectivity index (χ0) is 32.6. The number of furan rings is 1. The van der Waals surface area contributed by atoms with Gasteiger partial charge in [0.2, 0.25) is 0 Å². The van der Waals surface area contributed by atoms with Gasteiger partial charge in [-0.15, -0.1) is 0 Å². The van der Waals surface area contributed by atoms with Gasteiger partial charge < -0.3 is 13.6 Å². The van der Waals surface area contributed by atoms with Crippen molar-refractivity contribution in [2.75, 3.05) is 0 Å². The molecule has 5 nitrogen and oxygen atoms in total. The largest absolute Gasteiger partial charge is 0.456 e. The SMILES string of the molecule is N#Cc1ccc2c(c1)c1cc(C#N)ccc1n2-c1cccc(-c2cccc(-n3c4ccccc4c4ccc5oc6ccccc6c5c43)c2)c1. The Morgan fingerprint density at radius 1 is 0.429 bits per heavy atom. The second-order valence-electron chi connectivity index (χ2n) is 12.4. The Morgan fingerprint density at radius 2 is 1.02 bits per heavy atom. The summed E-state index contributed by atoms with van der Waals surface area (Å²) in [5, 5.41) is 25.8. The fourth-order valence-electron chi connectivity index (χ4n) is 7.62. The average Bonchev–Trinajstić information content (AvgIpc) is 3.82. The quantitative estimate of drug-likeness (QED) is 0.196. The molecule has 5 heteroatoms. The maximum absolute atomic E-state index is 9.64. The Kier molecular flexibility index (Phi) is 5.64. The van der Waals surface area contributed by atoms with Crippen molar-refractivity contribution in [2.24, 2.45) is 0 Å². The number of rotatable bonds is 3. The van der Waals surface area contributed by atoms with Crippen molar-refractivity contribution < 1.29 is 4.42 Å². The van der Waals surface area contributed by atoms with E-state index in [1.165, 1.54) is 10.8 Å². The molecule has 226 valence electrons. The van der Waals surface area contributed by atoms with Crippen molar-refractivity contribution in [1.29, 1.82) is 10.5 Å². The molecule has 7 aromatic carbocycles. The summed E-state index contributed by atoms with van der Waals surface area (Å²) in [5.74, 6) is 0. The molecule has 0 amide bonds. The lowest BCUT2D eigenvalue weighted by Crippen LogP contribution is -1.96. The Hall–Kier alpha value is -7.08. The van der Waals surface area contributed by atoms with E-state index in [4.69, 9.17) is 4.42 Å². The number of benzene rings is 7. The van der Waals surface area contributed by atoms with Gasteiger partial charge in [-0.3, -0.25) is 0 Å². The Labute approximate surface area is 280 Å². The number of hydrogen-bond acceptors (Lipinski definition) is 3. The molecule has 0 aliphatic heterocycles. The van der Waals surface area contributed by atoms with Crippen LogP contribution >= 0.6 is 0 Å². The highest BCUT2D eigenvalue weighted by atomic mass is 16.3. The van der Waals surface area contributed by atoms with Gasteiger partial charge in [-0.2, -0.15) is 10.5 Å². The predicted octanol–water partition coefficient (Wildman–Crippen LogP) is 11.2. The van der Waals surface area contributed by atoms with Gasteiger partial charge in [0.05, 0.1) is 50.7 Å². The maximum atomic E-state index is 9.64. The van der Waals surface area contributed by atoms with E-state index in [-0.39, 0.29) is 0 Å². The monoisotopic (exact) mass is 624 g/mol. The summed E-state index contributed by atoms with van der Waals surface area (Å²) in [5.41, 5.74) is 11.4. The van der Waals surface area contributed by atoms with Crippen LogP contribution in [0.4, 0.5) is 0 Å². The number of para-hydroxylation sites is 2. The molecule has 0 unspecified atom stereocenters. The third kappa shape index (κ3) is 3.91. The number of hydrogen-bond donors (Lipinski definition) is 0. The van der Waals surface area contributed by atoms with Gasteiger partial charge >= 0.3 is 0 Å². The fourth-order valence-corrected chi connectivity index (χ4v) is 7.62. The minimum absolute atomic E-state index is 0.588. The molecular formula is C44H24N4O. The smallest absolute Gasteiger partial charge is 0.137 e. The summed E-state index contributed by atoms with van der Waals surface area (Å²) in [6.07, 6.45) is 0. The molecule has 0 spiro atoms. The van der Waals surface area contributed by atoms with Gasteiger partial charge in [0, 0.05) is 38.3 Å². The van der Waals surface area contributed by atoms with Crippen LogP contribution in [0.15, 0.2) is 150 Å². The van der Waals surface area contributed by atoms with Gasteiger partial charge in [0.1, 0.15) is 11.2 Å². The van der Waals surface area contributed by atoms with Crippen LogP contribution in [0.2, 0.25) is 0 Å². The van der Waals surface area contributed by atoms with Crippen LogP contribution in [0.3, 0.4) is 0 Å². The molecular weight excluding hydrogens is 601 g/mol. The van der Waals surface area contributed by atoms with Crippen LogP contribution in [0.25, 0.3) is 88.1 Å². The molecule has 0 atom stereocenters. The first-order chi connectivity index (χ1) is 24.2. The van der Waals surface area contributed by atoms with Crippen molar-refractivity contribution in [1.82, 2.24) is 9.13 Å². The highest BCUT2D eigenvalue weighted by molar-refractivity contribution is 6.24. The molecule has 10 aromatic rings. The van der Waals surface area contributed by atoms with Gasteiger partial charge in [-0.1, -0.05) is 60.7 Å². The lowest BCUT2D eigenvalue weighted by Gasteiger charge is -2.13. The Morgan fingerprint density at radius 3 is 1.69 bits per heavy atom. The molecule has 49 heavy (non-hydrogen) atoms. The first-order valence-electron chi connectivity index (χ1n) is 16.1. The maximum Gasteiger partial charge on any atom is 0.137 e. The average molecular weight is 625 g/mol. The van der Waals surface area contributed by atoms with Crippen molar-refractivity contribution in [3.8, 4) is 34.6 Å². The first-order valence-corrected chi connectivity index (χ1v) is 16.1. The van der Waals surface area contributed by atoms with Crippen LogP contribution < -0.4 is 0 Å². The third-order valence-electron chi connectivity index (χ3n) is 9.74. The van der Waals surface area contributed by atoms with Crippen molar-refractivity contribution in [3.63, 3.8) is 0 Å². The molecule has 0 radical (unpaired) electrons. The lowest BCUT2D eigenvalue weighted by atomic mass is 10.0. The van der Waals surface area contributed by atoms with Crippen LogP contribution in [-0.2, 0) is 0 Å². The molecule has 10 rings (SSSR count). The number of fused-ring (bicyclic) bond motifs is 10. The van der Waals surface area contributed by atoms with Gasteiger partial charge in [0.25, 0.3) is 0 Å². The highest BCUT2D eigenvalue weighted by Gasteiger charge is 2.19. The summed E-state index contributed by atoms with van der Waals surface area (Å²) in [4.78, 5) is 0. The molecule has 3 heterocycles. The molecule has 3 aromatic heterocycles. The normalized spacial score (nSPS) is 11.6. The number of aromatic nitrogens is 2. The second kappa shape index (κ2) is 10.2. The molecule has 0 saturated carbocycles. The summed E-state index contributed by atoms with van der Waals surface area (Å²) in [6, 6.07) is 54.4. The van der Waals surface area contributed by atoms with Crippen LogP contribution in [0, 0.1) is 22.7 Å². The third-order valence-corrected chi connectivity index (χ3v) is 9.74. The van der Waals surface area contributed by atoms with E-state index < -0.39 is 0 Å². The van der Waals surface area contributed by atoms with E-state index in [0.29, 0.717) is 11.1 Å². The molecule has 0 aliphatic rings. The van der Waals surface area contributed by atoms with Gasteiger partial charge in [-0.25, -0.2) is 0 Å². The van der Waals surface area contributed by atoms with Crippen LogP contribution in [0.1, 0.15) is 11.1 Å². The van der Waals surface area contributed by atoms with Gasteiger partial charge in [0.15, 0.2) is 0 Å². The van der Waals surface area contributed by atoms with Gasteiger partial charge in [-0.05, 0) is 96.1 Å². The van der Waals surface area contributed by atoms with Crippen molar-refractivity contribution >= 4 is 65.6 Å². The van der Waals surface area contributed by atoms with Crippen molar-refractivity contribution in [3.05, 3.63) is 157 Å². The van der Waals surface area contributed by atoms with E-state index in [1.54, 1.807) is 0 Å². The minimum atomic E-state index is 0.588. The van der Waals surface area contributed by atoms with E-state index in [1.807, 2.05) is 48.5 Å². The van der Waals surface area contributed by atoms with E-state index in [0.717, 1.165) is 77.3 Å². The van der Waals surface area contributed by atoms with Crippen LogP contribution in [0.5, 0.6) is 0 Å². The van der Waals surface area contributed by atoms with Crippen molar-refractivity contribution in [2.45, 2.75) is 0 Å². The topological polar surface area (TPSA) is 70.6 Å². The predicted molar refractivity (Wildman–Crippen MR) is 197 cm³/mol. The highest BCUT2D eigenvalue weighted by Crippen LogP contribution is 2.41. The Balaban J connectivity index is 1.19. The number of nitrogens with zero attached hydrogens (tertiary/aromatic N) is 4. The summed E-state index contributed by atoms with van der Waals surface area (Å²) >= 11 is 0. The molecule has 0 fully saturated rings. The standard InChI is InChI=1S/C44H24N4O/c45-25-27-15-18-39-36(21-27)37-22-28(26-46)16-19-40(37)47(39)31-9-5-7-29(23-31)30-8-6-10-32(24-30)48-38-13-3-1-11-33(38)34-17-20-42-43(44(34)48)35-12-2-4-14-41(35)49-42/h1-24H. The summed E-state index contributed by atoms with van der Waals surface area (Å²) < 4.78 is 10.9. The molecule has 0 bridgehead atoms. The fraction of sp³-hybridized carbons (Fsp3) is 0. The van der Waals surface area contributed by atoms with E-state index >= 15 is 0 Å². The van der Waals surface area contributed by atoms with Crippen LogP contribution in [-0.4, -0.2) is 9.13 Å². The lowest BCUT2D eigenvalue weighted by molar-refractivity contribution is 0.669. The van der Waals surface area contributed by atoms with E-state index in [9.17, 15) is 10.5 Å².